The fourth-order valence-electron chi connectivity index (χ4n) is 1.76. The molecule has 0 saturated carbocycles. The molecular weight excluding hydrogens is 210 g/mol. The number of nitrogens with one attached hydrogen (secondary N) is 1. The van der Waals surface area contributed by atoms with E-state index in [4.69, 9.17) is 5.41 Å². The highest BCUT2D eigenvalue weighted by Crippen LogP contribution is 2.24. The molecule has 0 aromatic heterocycles. The lowest BCUT2D eigenvalue weighted by Crippen LogP contribution is -2.01. The summed E-state index contributed by atoms with van der Waals surface area (Å²) in [4.78, 5) is 11.6. The number of carbonyl (C=O) groups is 1. The third-order valence-corrected chi connectivity index (χ3v) is 2.69. The Hall–Kier alpha value is -2.22. The molecule has 2 rings (SSSR count). The number of hydrogen-bond donors (Lipinski definition) is 1. The number of hydrogen-bond acceptors (Lipinski definition) is 2. The van der Waals surface area contributed by atoms with Gasteiger partial charge < -0.3 is 5.41 Å². The number of rotatable bonds is 3. The van der Waals surface area contributed by atoms with E-state index >= 15 is 0 Å². The summed E-state index contributed by atoms with van der Waals surface area (Å²) in [6.45, 7) is 2.03. The average molecular weight is 223 g/mol. The van der Waals surface area contributed by atoms with E-state index in [1.165, 1.54) is 5.56 Å². The van der Waals surface area contributed by atoms with Gasteiger partial charge in [0.15, 0.2) is 0 Å². The van der Waals surface area contributed by atoms with Gasteiger partial charge in [-0.25, -0.2) is 0 Å². The van der Waals surface area contributed by atoms with E-state index in [0.717, 1.165) is 17.3 Å². The third-order valence-electron chi connectivity index (χ3n) is 2.69. The van der Waals surface area contributed by atoms with Gasteiger partial charge in [-0.2, -0.15) is 0 Å². The molecule has 1 N–H and O–H groups in total. The molecule has 0 spiro atoms. The van der Waals surface area contributed by atoms with Crippen molar-refractivity contribution in [1.82, 2.24) is 0 Å². The molecule has 0 aliphatic heterocycles. The van der Waals surface area contributed by atoms with Crippen molar-refractivity contribution < 1.29 is 4.79 Å². The second-order valence-corrected chi connectivity index (χ2v) is 3.92. The number of aryl methyl sites for hydroxylation is 1. The van der Waals surface area contributed by atoms with E-state index < -0.39 is 0 Å². The Morgan fingerprint density at radius 1 is 1.06 bits per heavy atom. The summed E-state index contributed by atoms with van der Waals surface area (Å²) < 4.78 is 0. The maximum absolute atomic E-state index is 11.6. The van der Waals surface area contributed by atoms with Gasteiger partial charge >= 0.3 is 0 Å². The number of Topliss-reactive ketones (excluding diaryl/α,β-unsaturated/α-hetero) is 1. The normalized spacial score (nSPS) is 9.94. The second-order valence-electron chi connectivity index (χ2n) is 3.92. The number of benzene rings is 2. The molecule has 2 heteroatoms. The highest BCUT2D eigenvalue weighted by Gasteiger charge is 2.09. The molecular formula is C15H13NO. The molecule has 0 unspecified atom stereocenters. The van der Waals surface area contributed by atoms with Gasteiger partial charge in [0.05, 0.1) is 6.21 Å². The van der Waals surface area contributed by atoms with Crippen LogP contribution < -0.4 is 0 Å². The highest BCUT2D eigenvalue weighted by atomic mass is 16.1. The SMILES string of the molecule is Cc1ccc(-c2ccccc2C(=O)C=N)cc1. The fraction of sp³-hybridized carbons (Fsp3) is 0.0667. The molecule has 2 aromatic rings. The van der Waals surface area contributed by atoms with Crippen molar-refractivity contribution in [3.63, 3.8) is 0 Å². The van der Waals surface area contributed by atoms with Crippen molar-refractivity contribution in [3.8, 4) is 11.1 Å². The second kappa shape index (κ2) is 4.74. The van der Waals surface area contributed by atoms with Crippen LogP contribution in [-0.2, 0) is 0 Å². The van der Waals surface area contributed by atoms with Gasteiger partial charge in [0.25, 0.3) is 0 Å². The lowest BCUT2D eigenvalue weighted by molar-refractivity contribution is 0.107. The smallest absolute Gasteiger partial charge is 0.203 e. The molecule has 0 fully saturated rings. The molecule has 0 saturated heterocycles. The zero-order chi connectivity index (χ0) is 12.3. The molecule has 0 amide bonds. The largest absolute Gasteiger partial charge is 0.305 e. The van der Waals surface area contributed by atoms with Crippen molar-refractivity contribution >= 4 is 12.0 Å². The monoisotopic (exact) mass is 223 g/mol. The van der Waals surface area contributed by atoms with E-state index in [1.807, 2.05) is 49.4 Å². The van der Waals surface area contributed by atoms with Crippen molar-refractivity contribution in [3.05, 3.63) is 59.7 Å². The minimum Gasteiger partial charge on any atom is -0.305 e. The summed E-state index contributed by atoms with van der Waals surface area (Å²) in [5.74, 6) is -0.263. The van der Waals surface area contributed by atoms with Crippen LogP contribution in [0.3, 0.4) is 0 Å². The highest BCUT2D eigenvalue weighted by molar-refractivity contribution is 6.35. The lowest BCUT2D eigenvalue weighted by Gasteiger charge is -2.07. The summed E-state index contributed by atoms with van der Waals surface area (Å²) in [5.41, 5.74) is 3.64. The minimum atomic E-state index is -0.263. The van der Waals surface area contributed by atoms with Crippen LogP contribution in [0.2, 0.25) is 0 Å². The summed E-state index contributed by atoms with van der Waals surface area (Å²) in [7, 11) is 0. The van der Waals surface area contributed by atoms with Gasteiger partial charge in [-0.15, -0.1) is 0 Å². The predicted octanol–water partition coefficient (Wildman–Crippen LogP) is 3.49. The summed E-state index contributed by atoms with van der Waals surface area (Å²) in [6, 6.07) is 15.4. The Morgan fingerprint density at radius 2 is 1.71 bits per heavy atom. The Balaban J connectivity index is 2.55. The number of carbonyl (C=O) groups excluding carboxylic acids is 1. The zero-order valence-electron chi connectivity index (χ0n) is 9.60. The molecule has 0 bridgehead atoms. The van der Waals surface area contributed by atoms with Gasteiger partial charge in [-0.05, 0) is 18.1 Å². The zero-order valence-corrected chi connectivity index (χ0v) is 9.60. The first-order valence-electron chi connectivity index (χ1n) is 5.43. The Kier molecular flexibility index (Phi) is 3.15. The number of ketones is 1. The van der Waals surface area contributed by atoms with Gasteiger partial charge in [0.1, 0.15) is 0 Å². The van der Waals surface area contributed by atoms with Crippen LogP contribution in [0.1, 0.15) is 15.9 Å². The van der Waals surface area contributed by atoms with Crippen LogP contribution in [0, 0.1) is 12.3 Å². The lowest BCUT2D eigenvalue weighted by atomic mass is 9.97. The maximum atomic E-state index is 11.6. The van der Waals surface area contributed by atoms with Crippen molar-refractivity contribution in [2.45, 2.75) is 6.92 Å². The summed E-state index contributed by atoms with van der Waals surface area (Å²) in [5, 5.41) is 7.06. The summed E-state index contributed by atoms with van der Waals surface area (Å²) in [6.07, 6.45) is 0.854. The average Bonchev–Trinajstić information content (AvgIpc) is 2.39. The Morgan fingerprint density at radius 3 is 2.35 bits per heavy atom. The molecule has 17 heavy (non-hydrogen) atoms. The van der Waals surface area contributed by atoms with E-state index in [1.54, 1.807) is 6.07 Å². The molecule has 0 radical (unpaired) electrons. The van der Waals surface area contributed by atoms with Crippen LogP contribution in [0.5, 0.6) is 0 Å². The van der Waals surface area contributed by atoms with Gasteiger partial charge in [0.2, 0.25) is 5.78 Å². The molecule has 0 aliphatic rings. The standard InChI is InChI=1S/C15H13NO/c1-11-6-8-12(9-7-11)13-4-2-3-5-14(13)15(17)10-16/h2-10,16H,1H3. The summed E-state index contributed by atoms with van der Waals surface area (Å²) >= 11 is 0. The van der Waals surface area contributed by atoms with Crippen LogP contribution in [0.4, 0.5) is 0 Å². The molecule has 0 aliphatic carbocycles. The van der Waals surface area contributed by atoms with Crippen LogP contribution in [0.15, 0.2) is 48.5 Å². The van der Waals surface area contributed by atoms with Crippen molar-refractivity contribution in [2.75, 3.05) is 0 Å². The van der Waals surface area contributed by atoms with E-state index in [0.29, 0.717) is 5.56 Å². The van der Waals surface area contributed by atoms with E-state index in [9.17, 15) is 4.79 Å². The Bertz CT molecular complexity index is 555. The maximum Gasteiger partial charge on any atom is 0.203 e. The van der Waals surface area contributed by atoms with E-state index in [2.05, 4.69) is 0 Å². The molecule has 2 aromatic carbocycles. The van der Waals surface area contributed by atoms with E-state index in [-0.39, 0.29) is 5.78 Å². The third kappa shape index (κ3) is 2.31. The molecule has 84 valence electrons. The Labute approximate surface area is 100 Å². The minimum absolute atomic E-state index is 0.263. The van der Waals surface area contributed by atoms with Crippen LogP contribution >= 0.6 is 0 Å². The molecule has 0 atom stereocenters. The first kappa shape index (κ1) is 11.3. The predicted molar refractivity (Wildman–Crippen MR) is 69.7 cm³/mol. The topological polar surface area (TPSA) is 40.9 Å². The molecule has 2 nitrogen and oxygen atoms in total. The van der Waals surface area contributed by atoms with Gasteiger partial charge in [-0.1, -0.05) is 54.1 Å². The van der Waals surface area contributed by atoms with Crippen LogP contribution in [-0.4, -0.2) is 12.0 Å². The van der Waals surface area contributed by atoms with Crippen molar-refractivity contribution in [1.29, 1.82) is 5.41 Å². The first-order chi connectivity index (χ1) is 8.22. The molecule has 0 heterocycles. The van der Waals surface area contributed by atoms with Crippen molar-refractivity contribution in [2.24, 2.45) is 0 Å². The van der Waals surface area contributed by atoms with Crippen LogP contribution in [0.25, 0.3) is 11.1 Å². The quantitative estimate of drug-likeness (QED) is 0.628. The van der Waals surface area contributed by atoms with Gasteiger partial charge in [-0.3, -0.25) is 4.79 Å². The van der Waals surface area contributed by atoms with Gasteiger partial charge in [0, 0.05) is 5.56 Å². The first-order valence-corrected chi connectivity index (χ1v) is 5.43. The fourth-order valence-corrected chi connectivity index (χ4v) is 1.76.